The fraction of sp³-hybridized carbons (Fsp3) is 0.333. The first-order valence-corrected chi connectivity index (χ1v) is 6.21. The molecule has 2 aromatic carbocycles. The molecule has 0 amide bonds. The summed E-state index contributed by atoms with van der Waals surface area (Å²) in [6.07, 6.45) is -0.701. The van der Waals surface area contributed by atoms with Crippen molar-refractivity contribution in [2.24, 2.45) is 0 Å². The zero-order valence-electron chi connectivity index (χ0n) is 10.5. The van der Waals surface area contributed by atoms with E-state index in [0.29, 0.717) is 6.54 Å². The third-order valence-electron chi connectivity index (χ3n) is 3.14. The van der Waals surface area contributed by atoms with E-state index in [2.05, 4.69) is 35.6 Å². The Morgan fingerprint density at radius 1 is 1.11 bits per heavy atom. The van der Waals surface area contributed by atoms with Crippen molar-refractivity contribution >= 4 is 10.8 Å². The van der Waals surface area contributed by atoms with Crippen molar-refractivity contribution < 1.29 is 10.2 Å². The lowest BCUT2D eigenvalue weighted by molar-refractivity contribution is 0.0924. The third kappa shape index (κ3) is 3.07. The van der Waals surface area contributed by atoms with Crippen LogP contribution in [0.25, 0.3) is 10.8 Å². The van der Waals surface area contributed by atoms with Crippen LogP contribution in [0, 0.1) is 0 Å². The second-order valence-electron chi connectivity index (χ2n) is 4.57. The predicted molar refractivity (Wildman–Crippen MR) is 73.5 cm³/mol. The third-order valence-corrected chi connectivity index (χ3v) is 3.14. The van der Waals surface area contributed by atoms with Crippen LogP contribution in [0.1, 0.15) is 18.5 Å². The Labute approximate surface area is 107 Å². The minimum atomic E-state index is -0.701. The molecule has 0 saturated heterocycles. The second-order valence-corrected chi connectivity index (χ2v) is 4.57. The summed E-state index contributed by atoms with van der Waals surface area (Å²) in [5.41, 5.74) is 1.18. The van der Waals surface area contributed by atoms with Gasteiger partial charge in [0.2, 0.25) is 0 Å². The van der Waals surface area contributed by atoms with E-state index in [1.165, 1.54) is 16.3 Å². The average Bonchev–Trinajstić information content (AvgIpc) is 2.43. The molecular weight excluding hydrogens is 226 g/mol. The summed E-state index contributed by atoms with van der Waals surface area (Å²) in [5, 5.41) is 23.7. The van der Waals surface area contributed by atoms with Crippen LogP contribution in [-0.2, 0) is 0 Å². The average molecular weight is 245 g/mol. The molecule has 3 N–H and O–H groups in total. The number of rotatable bonds is 5. The van der Waals surface area contributed by atoms with Gasteiger partial charge in [0.15, 0.2) is 0 Å². The zero-order valence-corrected chi connectivity index (χ0v) is 10.5. The maximum Gasteiger partial charge on any atom is 0.0895 e. The van der Waals surface area contributed by atoms with Crippen molar-refractivity contribution in [2.45, 2.75) is 19.1 Å². The van der Waals surface area contributed by atoms with Gasteiger partial charge in [0.1, 0.15) is 0 Å². The molecule has 0 radical (unpaired) electrons. The fourth-order valence-electron chi connectivity index (χ4n) is 1.97. The normalized spacial score (nSPS) is 14.6. The topological polar surface area (TPSA) is 52.5 Å². The predicted octanol–water partition coefficient (Wildman–Crippen LogP) is 1.84. The van der Waals surface area contributed by atoms with Gasteiger partial charge in [-0.2, -0.15) is 0 Å². The zero-order chi connectivity index (χ0) is 13.0. The molecule has 0 heterocycles. The molecule has 0 saturated carbocycles. The molecule has 2 atom stereocenters. The van der Waals surface area contributed by atoms with Gasteiger partial charge in [-0.3, -0.25) is 0 Å². The minimum Gasteiger partial charge on any atom is -0.394 e. The molecule has 0 spiro atoms. The summed E-state index contributed by atoms with van der Waals surface area (Å²) in [4.78, 5) is 0. The Kier molecular flexibility index (Phi) is 4.31. The summed E-state index contributed by atoms with van der Waals surface area (Å²) in [6, 6.07) is 14.7. The van der Waals surface area contributed by atoms with Crippen LogP contribution < -0.4 is 5.32 Å². The van der Waals surface area contributed by atoms with E-state index >= 15 is 0 Å². The monoisotopic (exact) mass is 245 g/mol. The second kappa shape index (κ2) is 5.96. The maximum atomic E-state index is 9.31. The Balaban J connectivity index is 2.10. The highest BCUT2D eigenvalue weighted by molar-refractivity contribution is 5.83. The Hall–Kier alpha value is -1.42. The standard InChI is InChI=1S/C15H19NO2/c1-11(16-9-15(18)10-17)13-7-6-12-4-2-3-5-14(12)8-13/h2-8,11,15-18H,9-10H2,1H3/t11-,15-/m0/s1. The SMILES string of the molecule is C[C@H](NC[C@H](O)CO)c1ccc2ccccc2c1. The molecule has 2 rings (SSSR count). The van der Waals surface area contributed by atoms with E-state index < -0.39 is 6.10 Å². The van der Waals surface area contributed by atoms with Crippen molar-refractivity contribution in [3.05, 3.63) is 48.0 Å². The Bertz CT molecular complexity index is 513. The molecule has 0 aliphatic rings. The lowest BCUT2D eigenvalue weighted by Gasteiger charge is -2.16. The number of aliphatic hydroxyl groups excluding tert-OH is 2. The van der Waals surface area contributed by atoms with Gasteiger partial charge in [-0.15, -0.1) is 0 Å². The highest BCUT2D eigenvalue weighted by Crippen LogP contribution is 2.20. The number of benzene rings is 2. The van der Waals surface area contributed by atoms with Gasteiger partial charge in [0.05, 0.1) is 12.7 Å². The molecular formula is C15H19NO2. The van der Waals surface area contributed by atoms with Crippen molar-refractivity contribution in [3.63, 3.8) is 0 Å². The van der Waals surface area contributed by atoms with Crippen LogP contribution in [-0.4, -0.2) is 29.5 Å². The molecule has 0 aromatic heterocycles. The van der Waals surface area contributed by atoms with Crippen molar-refractivity contribution in [2.75, 3.05) is 13.2 Å². The van der Waals surface area contributed by atoms with Crippen molar-refractivity contribution in [1.29, 1.82) is 0 Å². The molecule has 18 heavy (non-hydrogen) atoms. The number of aliphatic hydroxyl groups is 2. The summed E-state index contributed by atoms with van der Waals surface area (Å²) >= 11 is 0. The summed E-state index contributed by atoms with van der Waals surface area (Å²) in [5.74, 6) is 0. The van der Waals surface area contributed by atoms with Gasteiger partial charge in [0.25, 0.3) is 0 Å². The quantitative estimate of drug-likeness (QED) is 0.753. The van der Waals surface area contributed by atoms with E-state index in [1.807, 2.05) is 19.1 Å². The molecule has 0 bridgehead atoms. The lowest BCUT2D eigenvalue weighted by atomic mass is 10.0. The van der Waals surface area contributed by atoms with Gasteiger partial charge in [-0.05, 0) is 29.3 Å². The molecule has 2 aromatic rings. The van der Waals surface area contributed by atoms with Crippen LogP contribution in [0.5, 0.6) is 0 Å². The molecule has 0 unspecified atom stereocenters. The van der Waals surface area contributed by atoms with Crippen LogP contribution >= 0.6 is 0 Å². The summed E-state index contributed by atoms with van der Waals surface area (Å²) in [6.45, 7) is 2.23. The highest BCUT2D eigenvalue weighted by atomic mass is 16.3. The first-order chi connectivity index (χ1) is 8.70. The van der Waals surface area contributed by atoms with Gasteiger partial charge < -0.3 is 15.5 Å². The van der Waals surface area contributed by atoms with Crippen LogP contribution in [0.2, 0.25) is 0 Å². The Morgan fingerprint density at radius 2 is 1.83 bits per heavy atom. The lowest BCUT2D eigenvalue weighted by Crippen LogP contribution is -2.31. The van der Waals surface area contributed by atoms with Crippen LogP contribution in [0.15, 0.2) is 42.5 Å². The molecule has 3 heteroatoms. The summed E-state index contributed by atoms with van der Waals surface area (Å²) in [7, 11) is 0. The van der Waals surface area contributed by atoms with Gasteiger partial charge in [-0.25, -0.2) is 0 Å². The summed E-state index contributed by atoms with van der Waals surface area (Å²) < 4.78 is 0. The van der Waals surface area contributed by atoms with E-state index in [1.54, 1.807) is 0 Å². The molecule has 0 aliphatic heterocycles. The van der Waals surface area contributed by atoms with Crippen molar-refractivity contribution in [3.8, 4) is 0 Å². The van der Waals surface area contributed by atoms with Crippen molar-refractivity contribution in [1.82, 2.24) is 5.32 Å². The maximum absolute atomic E-state index is 9.31. The molecule has 0 fully saturated rings. The van der Waals surface area contributed by atoms with E-state index in [0.717, 1.165) is 0 Å². The fourth-order valence-corrected chi connectivity index (χ4v) is 1.97. The Morgan fingerprint density at radius 3 is 2.56 bits per heavy atom. The highest BCUT2D eigenvalue weighted by Gasteiger charge is 2.08. The van der Waals surface area contributed by atoms with E-state index in [-0.39, 0.29) is 12.6 Å². The van der Waals surface area contributed by atoms with E-state index in [4.69, 9.17) is 5.11 Å². The van der Waals surface area contributed by atoms with Gasteiger partial charge in [-0.1, -0.05) is 36.4 Å². The first kappa shape index (κ1) is 13.0. The van der Waals surface area contributed by atoms with Gasteiger partial charge in [0, 0.05) is 12.6 Å². The smallest absolute Gasteiger partial charge is 0.0895 e. The minimum absolute atomic E-state index is 0.149. The van der Waals surface area contributed by atoms with Crippen LogP contribution in [0.4, 0.5) is 0 Å². The molecule has 0 aliphatic carbocycles. The number of hydrogen-bond acceptors (Lipinski definition) is 3. The van der Waals surface area contributed by atoms with Crippen LogP contribution in [0.3, 0.4) is 0 Å². The van der Waals surface area contributed by atoms with Gasteiger partial charge >= 0.3 is 0 Å². The van der Waals surface area contributed by atoms with E-state index in [9.17, 15) is 5.11 Å². The molecule has 96 valence electrons. The largest absolute Gasteiger partial charge is 0.394 e. The number of hydrogen-bond donors (Lipinski definition) is 3. The molecule has 3 nitrogen and oxygen atoms in total. The number of fused-ring (bicyclic) bond motifs is 1. The first-order valence-electron chi connectivity index (χ1n) is 6.21. The number of nitrogens with one attached hydrogen (secondary N) is 1.